The zero-order valence-electron chi connectivity index (χ0n) is 12.0. The van der Waals surface area contributed by atoms with Gasteiger partial charge < -0.3 is 5.32 Å². The molecule has 1 fully saturated rings. The second kappa shape index (κ2) is 8.40. The van der Waals surface area contributed by atoms with Crippen LogP contribution in [-0.2, 0) is 6.42 Å². The summed E-state index contributed by atoms with van der Waals surface area (Å²) in [6.45, 7) is 3.11. The third kappa shape index (κ3) is 4.74. The second-order valence-electron chi connectivity index (χ2n) is 5.46. The van der Waals surface area contributed by atoms with E-state index >= 15 is 0 Å². The van der Waals surface area contributed by atoms with Crippen molar-refractivity contribution in [1.29, 1.82) is 0 Å². The van der Waals surface area contributed by atoms with Crippen LogP contribution >= 0.6 is 27.7 Å². The van der Waals surface area contributed by atoms with E-state index < -0.39 is 0 Å². The summed E-state index contributed by atoms with van der Waals surface area (Å²) in [4.78, 5) is 0. The van der Waals surface area contributed by atoms with E-state index in [1.807, 2.05) is 6.07 Å². The highest BCUT2D eigenvalue weighted by Gasteiger charge is 2.20. The second-order valence-corrected chi connectivity index (χ2v) is 7.48. The molecule has 1 atom stereocenters. The molecule has 2 rings (SSSR count). The summed E-state index contributed by atoms with van der Waals surface area (Å²) < 4.78 is 14.2. The topological polar surface area (TPSA) is 12.0 Å². The zero-order valence-corrected chi connectivity index (χ0v) is 14.4. The Bertz CT molecular complexity index is 421. The SMILES string of the molecule is CCNC(Cc1cccc(F)c1Br)CC1CCSCC1. The van der Waals surface area contributed by atoms with Gasteiger partial charge in [0.25, 0.3) is 0 Å². The van der Waals surface area contributed by atoms with Gasteiger partial charge in [-0.3, -0.25) is 0 Å². The van der Waals surface area contributed by atoms with E-state index in [2.05, 4.69) is 39.9 Å². The summed E-state index contributed by atoms with van der Waals surface area (Å²) in [7, 11) is 0. The van der Waals surface area contributed by atoms with Crippen molar-refractivity contribution in [3.63, 3.8) is 0 Å². The quantitative estimate of drug-likeness (QED) is 0.793. The Balaban J connectivity index is 1.98. The van der Waals surface area contributed by atoms with Crippen molar-refractivity contribution >= 4 is 27.7 Å². The van der Waals surface area contributed by atoms with Crippen molar-refractivity contribution in [2.75, 3.05) is 18.1 Å². The molecule has 0 bridgehead atoms. The smallest absolute Gasteiger partial charge is 0.137 e. The number of halogens is 2. The minimum atomic E-state index is -0.160. The van der Waals surface area contributed by atoms with Crippen molar-refractivity contribution in [2.45, 2.75) is 38.6 Å². The fraction of sp³-hybridized carbons (Fsp3) is 0.625. The third-order valence-corrected chi connectivity index (χ3v) is 5.89. The number of likely N-dealkylation sites (N-methyl/N-ethyl adjacent to an activating group) is 1. The molecular weight excluding hydrogens is 337 g/mol. The average molecular weight is 360 g/mol. The maximum Gasteiger partial charge on any atom is 0.137 e. The minimum Gasteiger partial charge on any atom is -0.314 e. The standard InChI is InChI=1S/C16H23BrFNS/c1-2-19-14(10-12-6-8-20-9-7-12)11-13-4-3-5-15(18)16(13)17/h3-5,12,14,19H,2,6-11H2,1H3. The Kier molecular flexibility index (Phi) is 6.85. The van der Waals surface area contributed by atoms with Crippen LogP contribution in [0.1, 0.15) is 31.7 Å². The monoisotopic (exact) mass is 359 g/mol. The lowest BCUT2D eigenvalue weighted by molar-refractivity contribution is 0.366. The summed E-state index contributed by atoms with van der Waals surface area (Å²) in [5, 5.41) is 3.57. The molecule has 0 spiro atoms. The van der Waals surface area contributed by atoms with Crippen LogP contribution in [-0.4, -0.2) is 24.1 Å². The van der Waals surface area contributed by atoms with Gasteiger partial charge in [-0.25, -0.2) is 4.39 Å². The van der Waals surface area contributed by atoms with Crippen LogP contribution in [0.3, 0.4) is 0 Å². The fourth-order valence-corrected chi connectivity index (χ4v) is 4.51. The minimum absolute atomic E-state index is 0.160. The van der Waals surface area contributed by atoms with Crippen LogP contribution < -0.4 is 5.32 Å². The molecule has 1 aliphatic heterocycles. The van der Waals surface area contributed by atoms with Gasteiger partial charge in [0.1, 0.15) is 5.82 Å². The Morgan fingerprint density at radius 1 is 1.40 bits per heavy atom. The van der Waals surface area contributed by atoms with E-state index in [9.17, 15) is 4.39 Å². The molecule has 1 saturated heterocycles. The van der Waals surface area contributed by atoms with Gasteiger partial charge in [-0.2, -0.15) is 11.8 Å². The summed E-state index contributed by atoms with van der Waals surface area (Å²) in [5.74, 6) is 3.26. The third-order valence-electron chi connectivity index (χ3n) is 3.95. The highest BCUT2D eigenvalue weighted by Crippen LogP contribution is 2.28. The van der Waals surface area contributed by atoms with Gasteiger partial charge in [-0.1, -0.05) is 19.1 Å². The number of rotatable bonds is 6. The van der Waals surface area contributed by atoms with Crippen LogP contribution in [0.2, 0.25) is 0 Å². The molecule has 1 heterocycles. The summed E-state index contributed by atoms with van der Waals surface area (Å²) in [6.07, 6.45) is 4.76. The summed E-state index contributed by atoms with van der Waals surface area (Å²) >= 11 is 5.45. The number of hydrogen-bond acceptors (Lipinski definition) is 2. The van der Waals surface area contributed by atoms with Gasteiger partial charge in [0, 0.05) is 6.04 Å². The molecule has 1 aromatic carbocycles. The molecule has 0 aromatic heterocycles. The van der Waals surface area contributed by atoms with E-state index in [-0.39, 0.29) is 5.82 Å². The van der Waals surface area contributed by atoms with Crippen molar-refractivity contribution in [2.24, 2.45) is 5.92 Å². The number of nitrogens with one attached hydrogen (secondary N) is 1. The first-order chi connectivity index (χ1) is 9.70. The van der Waals surface area contributed by atoms with Crippen molar-refractivity contribution in [3.05, 3.63) is 34.1 Å². The van der Waals surface area contributed by atoms with Gasteiger partial charge in [-0.15, -0.1) is 0 Å². The normalized spacial score (nSPS) is 18.1. The molecule has 1 nitrogen and oxygen atoms in total. The first kappa shape index (κ1) is 16.3. The maximum atomic E-state index is 13.6. The van der Waals surface area contributed by atoms with E-state index in [4.69, 9.17) is 0 Å². The lowest BCUT2D eigenvalue weighted by atomic mass is 9.91. The van der Waals surface area contributed by atoms with Crippen molar-refractivity contribution in [1.82, 2.24) is 5.32 Å². The Morgan fingerprint density at radius 3 is 2.85 bits per heavy atom. The van der Waals surface area contributed by atoms with E-state index in [1.165, 1.54) is 36.8 Å². The van der Waals surface area contributed by atoms with Crippen LogP contribution in [0.25, 0.3) is 0 Å². The maximum absolute atomic E-state index is 13.6. The Morgan fingerprint density at radius 2 is 2.15 bits per heavy atom. The van der Waals surface area contributed by atoms with Gasteiger partial charge in [0.15, 0.2) is 0 Å². The molecular formula is C16H23BrFNS. The number of hydrogen-bond donors (Lipinski definition) is 1. The molecule has 112 valence electrons. The fourth-order valence-electron chi connectivity index (χ4n) is 2.88. The van der Waals surface area contributed by atoms with Gasteiger partial charge in [0.05, 0.1) is 4.47 Å². The molecule has 1 aromatic rings. The van der Waals surface area contributed by atoms with Gasteiger partial charge in [-0.05, 0) is 77.2 Å². The lowest BCUT2D eigenvalue weighted by Crippen LogP contribution is -2.34. The molecule has 1 aliphatic rings. The largest absolute Gasteiger partial charge is 0.314 e. The molecule has 4 heteroatoms. The number of benzene rings is 1. The Hall–Kier alpha value is -0.0600. The summed E-state index contributed by atoms with van der Waals surface area (Å²) in [5.41, 5.74) is 1.07. The highest BCUT2D eigenvalue weighted by atomic mass is 79.9. The van der Waals surface area contributed by atoms with Crippen molar-refractivity contribution < 1.29 is 4.39 Å². The first-order valence-electron chi connectivity index (χ1n) is 7.44. The Labute approximate surface area is 134 Å². The van der Waals surface area contributed by atoms with Crippen LogP contribution in [0, 0.1) is 11.7 Å². The average Bonchev–Trinajstić information content (AvgIpc) is 2.45. The van der Waals surface area contributed by atoms with Crippen LogP contribution in [0.5, 0.6) is 0 Å². The molecule has 1 unspecified atom stereocenters. The zero-order chi connectivity index (χ0) is 14.4. The molecule has 0 saturated carbocycles. The lowest BCUT2D eigenvalue weighted by Gasteiger charge is -2.27. The van der Waals surface area contributed by atoms with E-state index in [1.54, 1.807) is 6.07 Å². The van der Waals surface area contributed by atoms with Crippen molar-refractivity contribution in [3.8, 4) is 0 Å². The number of thioether (sulfide) groups is 1. The highest BCUT2D eigenvalue weighted by molar-refractivity contribution is 9.10. The van der Waals surface area contributed by atoms with E-state index in [0.29, 0.717) is 10.5 Å². The predicted octanol–water partition coefficient (Wildman–Crippen LogP) is 4.64. The first-order valence-corrected chi connectivity index (χ1v) is 9.39. The van der Waals surface area contributed by atoms with Crippen LogP contribution in [0.4, 0.5) is 4.39 Å². The van der Waals surface area contributed by atoms with Gasteiger partial charge in [0.2, 0.25) is 0 Å². The molecule has 0 radical (unpaired) electrons. The predicted molar refractivity (Wildman–Crippen MR) is 89.9 cm³/mol. The summed E-state index contributed by atoms with van der Waals surface area (Å²) in [6, 6.07) is 5.78. The molecule has 0 aliphatic carbocycles. The van der Waals surface area contributed by atoms with Crippen LogP contribution in [0.15, 0.2) is 22.7 Å². The molecule has 20 heavy (non-hydrogen) atoms. The van der Waals surface area contributed by atoms with Gasteiger partial charge >= 0.3 is 0 Å². The molecule has 0 amide bonds. The molecule has 1 N–H and O–H groups in total. The van der Waals surface area contributed by atoms with E-state index in [0.717, 1.165) is 24.4 Å².